The van der Waals surface area contributed by atoms with Gasteiger partial charge in [0.2, 0.25) is 5.95 Å². The first-order valence-corrected chi connectivity index (χ1v) is 9.33. The van der Waals surface area contributed by atoms with Gasteiger partial charge in [0.15, 0.2) is 5.69 Å². The summed E-state index contributed by atoms with van der Waals surface area (Å²) in [6.07, 6.45) is -1.50. The number of halogens is 3. The minimum atomic E-state index is -4.50. The molecule has 2 aliphatic rings. The summed E-state index contributed by atoms with van der Waals surface area (Å²) in [5, 5.41) is 0. The molecule has 0 N–H and O–H groups in total. The van der Waals surface area contributed by atoms with Gasteiger partial charge in [-0.05, 0) is 36.2 Å². The fourth-order valence-corrected chi connectivity index (χ4v) is 5.16. The standard InChI is InChI=1S/C21H24F3N3/c1-19(2)10-15-11-20(3,12-19)13-27(15)18-25-16(14-7-5-4-6-8-14)9-17(26-18)21(22,23)24/h4-9,15H,10-13H2,1-3H3/t15-,20+/m0/s1. The molecule has 3 nitrogen and oxygen atoms in total. The Kier molecular flexibility index (Phi) is 4.02. The number of hydrogen-bond donors (Lipinski definition) is 0. The molecule has 2 aromatic rings. The maximum absolute atomic E-state index is 13.5. The Morgan fingerprint density at radius 3 is 2.41 bits per heavy atom. The molecule has 1 aromatic carbocycles. The van der Waals surface area contributed by atoms with Gasteiger partial charge in [-0.25, -0.2) is 9.97 Å². The molecule has 0 spiro atoms. The van der Waals surface area contributed by atoms with Crippen LogP contribution in [-0.2, 0) is 6.18 Å². The van der Waals surface area contributed by atoms with Crippen molar-refractivity contribution in [1.29, 1.82) is 0 Å². The Morgan fingerprint density at radius 2 is 1.74 bits per heavy atom. The highest BCUT2D eigenvalue weighted by molar-refractivity contribution is 5.61. The fraction of sp³-hybridized carbons (Fsp3) is 0.524. The molecule has 0 amide bonds. The average Bonchev–Trinajstić information content (AvgIpc) is 2.83. The van der Waals surface area contributed by atoms with Crippen LogP contribution in [0.15, 0.2) is 36.4 Å². The van der Waals surface area contributed by atoms with Gasteiger partial charge in [-0.3, -0.25) is 0 Å². The molecular weight excluding hydrogens is 351 g/mol. The van der Waals surface area contributed by atoms with E-state index in [2.05, 4.69) is 30.7 Å². The average molecular weight is 375 g/mol. The number of alkyl halides is 3. The number of anilines is 1. The van der Waals surface area contributed by atoms with E-state index >= 15 is 0 Å². The highest BCUT2D eigenvalue weighted by atomic mass is 19.4. The maximum Gasteiger partial charge on any atom is 0.433 e. The lowest BCUT2D eigenvalue weighted by Gasteiger charge is -2.39. The third-order valence-corrected chi connectivity index (χ3v) is 5.75. The first-order chi connectivity index (χ1) is 12.5. The molecule has 2 heterocycles. The van der Waals surface area contributed by atoms with Crippen molar-refractivity contribution in [2.45, 2.75) is 52.3 Å². The van der Waals surface area contributed by atoms with Crippen LogP contribution < -0.4 is 4.90 Å². The number of nitrogens with zero attached hydrogens (tertiary/aromatic N) is 3. The summed E-state index contributed by atoms with van der Waals surface area (Å²) < 4.78 is 40.5. The molecule has 144 valence electrons. The lowest BCUT2D eigenvalue weighted by molar-refractivity contribution is -0.141. The van der Waals surface area contributed by atoms with Crippen LogP contribution >= 0.6 is 0 Å². The molecule has 2 fully saturated rings. The molecule has 1 saturated carbocycles. The van der Waals surface area contributed by atoms with E-state index in [1.54, 1.807) is 24.3 Å². The number of hydrogen-bond acceptors (Lipinski definition) is 3. The normalized spacial score (nSPS) is 27.0. The van der Waals surface area contributed by atoms with E-state index in [1.807, 2.05) is 11.0 Å². The van der Waals surface area contributed by atoms with Crippen LogP contribution in [0.3, 0.4) is 0 Å². The molecule has 6 heteroatoms. The molecule has 27 heavy (non-hydrogen) atoms. The van der Waals surface area contributed by atoms with Crippen molar-refractivity contribution >= 4 is 5.95 Å². The summed E-state index contributed by atoms with van der Waals surface area (Å²) in [4.78, 5) is 10.5. The predicted octanol–water partition coefficient (Wildman–Crippen LogP) is 5.57. The van der Waals surface area contributed by atoms with Crippen LogP contribution in [0.4, 0.5) is 19.1 Å². The second kappa shape index (κ2) is 5.94. The van der Waals surface area contributed by atoms with E-state index in [-0.39, 0.29) is 22.8 Å². The van der Waals surface area contributed by atoms with Gasteiger partial charge >= 0.3 is 6.18 Å². The lowest BCUT2D eigenvalue weighted by atomic mass is 9.65. The van der Waals surface area contributed by atoms with Crippen molar-refractivity contribution in [3.63, 3.8) is 0 Å². The van der Waals surface area contributed by atoms with Crippen molar-refractivity contribution in [3.05, 3.63) is 42.1 Å². The number of rotatable bonds is 2. The molecule has 0 unspecified atom stereocenters. The zero-order valence-corrected chi connectivity index (χ0v) is 15.8. The van der Waals surface area contributed by atoms with E-state index in [0.29, 0.717) is 17.8 Å². The molecule has 0 radical (unpaired) electrons. The summed E-state index contributed by atoms with van der Waals surface area (Å²) in [7, 11) is 0. The molecule has 2 atom stereocenters. The van der Waals surface area contributed by atoms with Crippen molar-refractivity contribution in [2.24, 2.45) is 10.8 Å². The van der Waals surface area contributed by atoms with E-state index in [4.69, 9.17) is 0 Å². The van der Waals surface area contributed by atoms with Crippen LogP contribution in [0, 0.1) is 10.8 Å². The smallest absolute Gasteiger partial charge is 0.337 e. The molecule has 1 aromatic heterocycles. The monoisotopic (exact) mass is 375 g/mol. The van der Waals surface area contributed by atoms with Gasteiger partial charge in [-0.15, -0.1) is 0 Å². The SMILES string of the molecule is CC1(C)C[C@H]2C[C@@](C)(CN2c2nc(-c3ccccc3)cc(C(F)(F)F)n2)C1. The van der Waals surface area contributed by atoms with E-state index in [0.717, 1.165) is 25.3 Å². The van der Waals surface area contributed by atoms with Crippen molar-refractivity contribution in [1.82, 2.24) is 9.97 Å². The molecule has 2 bridgehead atoms. The minimum Gasteiger partial charge on any atom is -0.337 e. The predicted molar refractivity (Wildman–Crippen MR) is 99.3 cm³/mol. The number of aromatic nitrogens is 2. The van der Waals surface area contributed by atoms with Gasteiger partial charge in [0.05, 0.1) is 5.69 Å². The van der Waals surface area contributed by atoms with Crippen molar-refractivity contribution in [3.8, 4) is 11.3 Å². The Balaban J connectivity index is 1.79. The lowest BCUT2D eigenvalue weighted by Crippen LogP contribution is -2.35. The highest BCUT2D eigenvalue weighted by Gasteiger charge is 2.50. The Labute approximate surface area is 157 Å². The zero-order chi connectivity index (χ0) is 19.4. The summed E-state index contributed by atoms with van der Waals surface area (Å²) in [5.41, 5.74) is 0.379. The molecular formula is C21H24F3N3. The Bertz CT molecular complexity index is 847. The summed E-state index contributed by atoms with van der Waals surface area (Å²) >= 11 is 0. The molecule has 4 rings (SSSR count). The summed E-state index contributed by atoms with van der Waals surface area (Å²) in [6, 6.07) is 10.2. The second-order valence-electron chi connectivity index (χ2n) is 9.14. The van der Waals surface area contributed by atoms with Gasteiger partial charge in [0, 0.05) is 18.2 Å². The van der Waals surface area contributed by atoms with Crippen LogP contribution in [0.25, 0.3) is 11.3 Å². The van der Waals surface area contributed by atoms with Crippen molar-refractivity contribution in [2.75, 3.05) is 11.4 Å². The van der Waals surface area contributed by atoms with Crippen LogP contribution in [0.1, 0.15) is 45.7 Å². The zero-order valence-electron chi connectivity index (χ0n) is 15.8. The molecule has 1 aliphatic carbocycles. The molecule has 1 aliphatic heterocycles. The van der Waals surface area contributed by atoms with Gasteiger partial charge < -0.3 is 4.90 Å². The number of benzene rings is 1. The molecule has 1 saturated heterocycles. The summed E-state index contributed by atoms with van der Waals surface area (Å²) in [6.45, 7) is 7.41. The Morgan fingerprint density at radius 1 is 1.04 bits per heavy atom. The first kappa shape index (κ1) is 18.3. The third kappa shape index (κ3) is 3.54. The fourth-order valence-electron chi connectivity index (χ4n) is 5.16. The topological polar surface area (TPSA) is 29.0 Å². The Hall–Kier alpha value is -2.11. The summed E-state index contributed by atoms with van der Waals surface area (Å²) in [5.74, 6) is 0.204. The van der Waals surface area contributed by atoms with Crippen LogP contribution in [0.5, 0.6) is 0 Å². The van der Waals surface area contributed by atoms with Gasteiger partial charge in [-0.1, -0.05) is 51.1 Å². The largest absolute Gasteiger partial charge is 0.433 e. The quantitative estimate of drug-likeness (QED) is 0.687. The maximum atomic E-state index is 13.5. The third-order valence-electron chi connectivity index (χ3n) is 5.75. The van der Waals surface area contributed by atoms with Gasteiger partial charge in [0.1, 0.15) is 0 Å². The van der Waals surface area contributed by atoms with E-state index in [9.17, 15) is 13.2 Å². The minimum absolute atomic E-state index is 0.0942. The number of fused-ring (bicyclic) bond motifs is 2. The van der Waals surface area contributed by atoms with Gasteiger partial charge in [-0.2, -0.15) is 13.2 Å². The van der Waals surface area contributed by atoms with Crippen LogP contribution in [-0.4, -0.2) is 22.6 Å². The van der Waals surface area contributed by atoms with Crippen LogP contribution in [0.2, 0.25) is 0 Å². The highest BCUT2D eigenvalue weighted by Crippen LogP contribution is 2.53. The van der Waals surface area contributed by atoms with Crippen molar-refractivity contribution < 1.29 is 13.2 Å². The van der Waals surface area contributed by atoms with Gasteiger partial charge in [0.25, 0.3) is 0 Å². The van der Waals surface area contributed by atoms with E-state index in [1.165, 1.54) is 0 Å². The van der Waals surface area contributed by atoms with E-state index < -0.39 is 11.9 Å². The first-order valence-electron chi connectivity index (χ1n) is 9.33. The second-order valence-corrected chi connectivity index (χ2v) is 9.14.